The molecule has 0 spiro atoms. The zero-order valence-electron chi connectivity index (χ0n) is 16.8. The molecule has 1 aromatic carbocycles. The van der Waals surface area contributed by atoms with Gasteiger partial charge < -0.3 is 19.5 Å². The number of aryl methyl sites for hydroxylation is 3. The maximum Gasteiger partial charge on any atom is 0.341 e. The fraction of sp³-hybridized carbons (Fsp3) is 0.381. The largest absolute Gasteiger partial charge is 0.483 e. The van der Waals surface area contributed by atoms with Crippen LogP contribution >= 0.6 is 11.3 Å². The lowest BCUT2D eigenvalue weighted by atomic mass is 9.99. The van der Waals surface area contributed by atoms with Gasteiger partial charge in [-0.15, -0.1) is 11.3 Å². The topological polar surface area (TPSA) is 90.9 Å². The van der Waals surface area contributed by atoms with E-state index in [9.17, 15) is 14.4 Å². The number of hydrogen-bond donors (Lipinski definition) is 1. The first-order chi connectivity index (χ1) is 13.8. The van der Waals surface area contributed by atoms with Crippen LogP contribution in [0.3, 0.4) is 0 Å². The lowest BCUT2D eigenvalue weighted by Crippen LogP contribution is -2.22. The van der Waals surface area contributed by atoms with Gasteiger partial charge in [0.1, 0.15) is 10.8 Å². The van der Waals surface area contributed by atoms with Crippen molar-refractivity contribution in [3.8, 4) is 5.75 Å². The van der Waals surface area contributed by atoms with Crippen LogP contribution in [0.2, 0.25) is 0 Å². The van der Waals surface area contributed by atoms with Gasteiger partial charge in [0.25, 0.3) is 5.91 Å². The summed E-state index contributed by atoms with van der Waals surface area (Å²) in [6.07, 6.45) is 1.21. The Balaban J connectivity index is 1.80. The van der Waals surface area contributed by atoms with Gasteiger partial charge in [-0.3, -0.25) is 9.59 Å². The van der Waals surface area contributed by atoms with Crippen molar-refractivity contribution in [2.45, 2.75) is 32.6 Å². The number of anilines is 1. The molecule has 0 bridgehead atoms. The van der Waals surface area contributed by atoms with Crippen molar-refractivity contribution >= 4 is 34.2 Å². The Morgan fingerprint density at radius 1 is 1.17 bits per heavy atom. The van der Waals surface area contributed by atoms with E-state index in [2.05, 4.69) is 5.32 Å². The second kappa shape index (κ2) is 8.65. The second-order valence-electron chi connectivity index (χ2n) is 6.85. The van der Waals surface area contributed by atoms with Crippen molar-refractivity contribution in [3.63, 3.8) is 0 Å². The molecule has 1 aliphatic carbocycles. The molecule has 29 heavy (non-hydrogen) atoms. The molecule has 1 heterocycles. The number of rotatable bonds is 6. The first-order valence-electron chi connectivity index (χ1n) is 9.17. The Bertz CT molecular complexity index is 964. The van der Waals surface area contributed by atoms with Gasteiger partial charge in [0.15, 0.2) is 6.61 Å². The lowest BCUT2D eigenvalue weighted by molar-refractivity contribution is -0.142. The summed E-state index contributed by atoms with van der Waals surface area (Å²) >= 11 is 1.28. The number of hydrogen-bond acceptors (Lipinski definition) is 7. The predicted molar refractivity (Wildman–Crippen MR) is 109 cm³/mol. The fourth-order valence-electron chi connectivity index (χ4n) is 3.40. The second-order valence-corrected chi connectivity index (χ2v) is 7.96. The molecule has 1 aromatic heterocycles. The van der Waals surface area contributed by atoms with E-state index in [1.54, 1.807) is 0 Å². The number of thiophene rings is 1. The van der Waals surface area contributed by atoms with Crippen molar-refractivity contribution in [3.05, 3.63) is 45.3 Å². The van der Waals surface area contributed by atoms with E-state index in [-0.39, 0.29) is 12.2 Å². The van der Waals surface area contributed by atoms with Gasteiger partial charge in [-0.05, 0) is 49.4 Å². The number of methoxy groups -OCH3 is 2. The average Bonchev–Trinajstić information content (AvgIpc) is 3.26. The monoisotopic (exact) mass is 417 g/mol. The van der Waals surface area contributed by atoms with Crippen LogP contribution in [-0.4, -0.2) is 38.7 Å². The highest BCUT2D eigenvalue weighted by molar-refractivity contribution is 7.17. The van der Waals surface area contributed by atoms with Gasteiger partial charge in [0.2, 0.25) is 0 Å². The van der Waals surface area contributed by atoms with E-state index < -0.39 is 23.8 Å². The molecule has 1 N–H and O–H groups in total. The summed E-state index contributed by atoms with van der Waals surface area (Å²) < 4.78 is 15.4. The van der Waals surface area contributed by atoms with Gasteiger partial charge in [-0.1, -0.05) is 12.1 Å². The van der Waals surface area contributed by atoms with Crippen LogP contribution in [0.15, 0.2) is 18.2 Å². The summed E-state index contributed by atoms with van der Waals surface area (Å²) in [6.45, 7) is 3.65. The molecule has 3 rings (SSSR count). The molecule has 1 atom stereocenters. The van der Waals surface area contributed by atoms with E-state index >= 15 is 0 Å². The Hall–Kier alpha value is -2.87. The molecule has 8 heteroatoms. The van der Waals surface area contributed by atoms with E-state index in [1.165, 1.54) is 25.6 Å². The van der Waals surface area contributed by atoms with E-state index in [0.717, 1.165) is 16.0 Å². The SMILES string of the molecule is COC(=O)c1c(NC(=O)COc2cc(C)ccc2C)sc2c1[C@@H](C(=O)OC)CC2. The van der Waals surface area contributed by atoms with Gasteiger partial charge in [-0.2, -0.15) is 0 Å². The van der Waals surface area contributed by atoms with Gasteiger partial charge in [-0.25, -0.2) is 4.79 Å². The van der Waals surface area contributed by atoms with E-state index in [4.69, 9.17) is 14.2 Å². The minimum absolute atomic E-state index is 0.200. The number of amides is 1. The van der Waals surface area contributed by atoms with Crippen molar-refractivity contribution in [1.29, 1.82) is 0 Å². The third kappa shape index (κ3) is 4.27. The standard InChI is InChI=1S/C21H23NO6S/c1-11-5-6-12(2)14(9-11)28-10-16(23)22-19-18(21(25)27-4)17-13(20(24)26-3)7-8-15(17)29-19/h5-6,9,13H,7-8,10H2,1-4H3,(H,22,23)/t13-/m0/s1. The Morgan fingerprint density at radius 3 is 2.62 bits per heavy atom. The molecule has 0 unspecified atom stereocenters. The quantitative estimate of drug-likeness (QED) is 0.725. The molecular weight excluding hydrogens is 394 g/mol. The first-order valence-corrected chi connectivity index (χ1v) is 9.99. The summed E-state index contributed by atoms with van der Waals surface area (Å²) in [4.78, 5) is 37.9. The highest BCUT2D eigenvalue weighted by Gasteiger charge is 2.38. The van der Waals surface area contributed by atoms with Crippen LogP contribution < -0.4 is 10.1 Å². The smallest absolute Gasteiger partial charge is 0.341 e. The predicted octanol–water partition coefficient (Wildman–Crippen LogP) is 3.37. The van der Waals surface area contributed by atoms with Gasteiger partial charge in [0, 0.05) is 4.88 Å². The van der Waals surface area contributed by atoms with E-state index in [1.807, 2.05) is 32.0 Å². The number of carbonyl (C=O) groups is 3. The molecule has 1 aliphatic rings. The zero-order valence-corrected chi connectivity index (χ0v) is 17.6. The molecule has 2 aromatic rings. The third-order valence-electron chi connectivity index (χ3n) is 4.86. The summed E-state index contributed by atoms with van der Waals surface area (Å²) in [6, 6.07) is 5.76. The van der Waals surface area contributed by atoms with Crippen LogP contribution in [0.5, 0.6) is 5.75 Å². The van der Waals surface area contributed by atoms with Crippen LogP contribution in [-0.2, 0) is 25.5 Å². The van der Waals surface area contributed by atoms with Crippen molar-refractivity contribution in [2.24, 2.45) is 0 Å². The Kier molecular flexibility index (Phi) is 6.22. The average molecular weight is 417 g/mol. The van der Waals surface area contributed by atoms with E-state index in [0.29, 0.717) is 29.2 Å². The number of benzene rings is 1. The summed E-state index contributed by atoms with van der Waals surface area (Å²) in [7, 11) is 2.58. The molecule has 0 saturated carbocycles. The maximum atomic E-state index is 12.5. The van der Waals surface area contributed by atoms with Crippen LogP contribution in [0.25, 0.3) is 0 Å². The third-order valence-corrected chi connectivity index (χ3v) is 6.04. The highest BCUT2D eigenvalue weighted by Crippen LogP contribution is 2.45. The fourth-order valence-corrected chi connectivity index (χ4v) is 4.69. The normalized spacial score (nSPS) is 14.8. The zero-order chi connectivity index (χ0) is 21.1. The van der Waals surface area contributed by atoms with Gasteiger partial charge in [0.05, 0.1) is 25.7 Å². The molecule has 0 aliphatic heterocycles. The Labute approximate surface area is 173 Å². The number of nitrogens with one attached hydrogen (secondary N) is 1. The van der Waals surface area contributed by atoms with Crippen molar-refractivity contribution < 1.29 is 28.6 Å². The van der Waals surface area contributed by atoms with Crippen LogP contribution in [0.4, 0.5) is 5.00 Å². The molecule has 0 fully saturated rings. The number of esters is 2. The number of fused-ring (bicyclic) bond motifs is 1. The van der Waals surface area contributed by atoms with Crippen LogP contribution in [0, 0.1) is 13.8 Å². The minimum Gasteiger partial charge on any atom is -0.483 e. The minimum atomic E-state index is -0.593. The molecule has 154 valence electrons. The summed E-state index contributed by atoms with van der Waals surface area (Å²) in [5.41, 5.74) is 2.78. The van der Waals surface area contributed by atoms with Gasteiger partial charge >= 0.3 is 11.9 Å². The molecule has 0 radical (unpaired) electrons. The molecule has 7 nitrogen and oxygen atoms in total. The lowest BCUT2D eigenvalue weighted by Gasteiger charge is -2.12. The highest BCUT2D eigenvalue weighted by atomic mass is 32.1. The number of ether oxygens (including phenoxy) is 3. The molecular formula is C21H23NO6S. The maximum absolute atomic E-state index is 12.5. The van der Waals surface area contributed by atoms with Crippen molar-refractivity contribution in [1.82, 2.24) is 0 Å². The molecule has 1 amide bonds. The van der Waals surface area contributed by atoms with Crippen LogP contribution in [0.1, 0.15) is 44.3 Å². The van der Waals surface area contributed by atoms with Crippen molar-refractivity contribution in [2.75, 3.05) is 26.1 Å². The number of carbonyl (C=O) groups excluding carboxylic acids is 3. The first kappa shape index (κ1) is 20.9. The summed E-state index contributed by atoms with van der Waals surface area (Å²) in [5, 5.41) is 3.10. The molecule has 0 saturated heterocycles. The summed E-state index contributed by atoms with van der Waals surface area (Å²) in [5.74, 6) is -1.29. The Morgan fingerprint density at radius 2 is 1.93 bits per heavy atom.